The third-order valence-corrected chi connectivity index (χ3v) is 4.62. The van der Waals surface area contributed by atoms with E-state index in [-0.39, 0.29) is 0 Å². The predicted molar refractivity (Wildman–Crippen MR) is 117 cm³/mol. The van der Waals surface area contributed by atoms with Gasteiger partial charge in [-0.1, -0.05) is 48.5 Å². The number of nitrogens with one attached hydrogen (secondary N) is 1. The molecular weight excluding hydrogens is 362 g/mol. The Morgan fingerprint density at radius 1 is 0.759 bits per heavy atom. The Kier molecular flexibility index (Phi) is 7.96. The van der Waals surface area contributed by atoms with Gasteiger partial charge < -0.3 is 19.5 Å². The lowest BCUT2D eigenvalue weighted by Gasteiger charge is -2.14. The fourth-order valence-corrected chi connectivity index (χ4v) is 3.04. The van der Waals surface area contributed by atoms with E-state index in [1.807, 2.05) is 43.3 Å². The minimum absolute atomic E-state index is 0.528. The Labute approximate surface area is 173 Å². The van der Waals surface area contributed by atoms with Crippen LogP contribution in [0, 0.1) is 0 Å². The molecule has 0 amide bonds. The van der Waals surface area contributed by atoms with E-state index in [4.69, 9.17) is 14.2 Å². The van der Waals surface area contributed by atoms with E-state index in [2.05, 4.69) is 41.7 Å². The van der Waals surface area contributed by atoms with E-state index in [9.17, 15) is 0 Å². The van der Waals surface area contributed by atoms with E-state index in [1.54, 1.807) is 7.11 Å². The molecule has 0 aliphatic carbocycles. The molecule has 0 bridgehead atoms. The summed E-state index contributed by atoms with van der Waals surface area (Å²) in [6.07, 6.45) is 0.973. The molecule has 0 aromatic heterocycles. The van der Waals surface area contributed by atoms with Gasteiger partial charge in [-0.05, 0) is 60.8 Å². The van der Waals surface area contributed by atoms with Crippen LogP contribution in [-0.2, 0) is 19.6 Å². The first kappa shape index (κ1) is 20.7. The van der Waals surface area contributed by atoms with Crippen molar-refractivity contribution in [1.29, 1.82) is 0 Å². The van der Waals surface area contributed by atoms with Gasteiger partial charge in [0.15, 0.2) is 11.5 Å². The van der Waals surface area contributed by atoms with Gasteiger partial charge in [-0.15, -0.1) is 0 Å². The van der Waals surface area contributed by atoms with Crippen LogP contribution < -0.4 is 19.5 Å². The summed E-state index contributed by atoms with van der Waals surface area (Å²) in [5.41, 5.74) is 3.60. The molecule has 152 valence electrons. The highest BCUT2D eigenvalue weighted by molar-refractivity contribution is 5.43. The van der Waals surface area contributed by atoms with Crippen LogP contribution in [0.1, 0.15) is 23.6 Å². The molecule has 4 heteroatoms. The normalized spacial score (nSPS) is 10.6. The summed E-state index contributed by atoms with van der Waals surface area (Å²) in [7, 11) is 1.69. The Balaban J connectivity index is 1.51. The summed E-state index contributed by atoms with van der Waals surface area (Å²) in [5.74, 6) is 2.45. The molecular formula is C25H29NO3. The van der Waals surface area contributed by atoms with E-state index in [0.29, 0.717) is 13.2 Å². The number of benzene rings is 3. The summed E-state index contributed by atoms with van der Waals surface area (Å²) in [6, 6.07) is 24.5. The molecule has 3 aromatic rings. The largest absolute Gasteiger partial charge is 0.497 e. The number of hydrogen-bond donors (Lipinski definition) is 1. The van der Waals surface area contributed by atoms with Gasteiger partial charge in [0.1, 0.15) is 12.4 Å². The van der Waals surface area contributed by atoms with Crippen molar-refractivity contribution in [2.45, 2.75) is 26.5 Å². The molecule has 29 heavy (non-hydrogen) atoms. The summed E-state index contributed by atoms with van der Waals surface area (Å²) in [5, 5.41) is 3.50. The quantitative estimate of drug-likeness (QED) is 0.467. The second-order valence-electron chi connectivity index (χ2n) is 6.76. The molecule has 1 N–H and O–H groups in total. The first-order valence-corrected chi connectivity index (χ1v) is 10.0. The average molecular weight is 392 g/mol. The van der Waals surface area contributed by atoms with E-state index < -0.39 is 0 Å². The fourth-order valence-electron chi connectivity index (χ4n) is 3.04. The lowest BCUT2D eigenvalue weighted by atomic mass is 10.1. The second kappa shape index (κ2) is 11.1. The number of methoxy groups -OCH3 is 1. The average Bonchev–Trinajstić information content (AvgIpc) is 2.77. The Bertz CT molecular complexity index is 863. The number of hydrogen-bond acceptors (Lipinski definition) is 4. The van der Waals surface area contributed by atoms with Gasteiger partial charge in [-0.25, -0.2) is 0 Å². The molecule has 3 rings (SSSR count). The summed E-state index contributed by atoms with van der Waals surface area (Å²) >= 11 is 0. The first-order chi connectivity index (χ1) is 14.3. The van der Waals surface area contributed by atoms with E-state index in [1.165, 1.54) is 11.1 Å². The molecule has 0 heterocycles. The van der Waals surface area contributed by atoms with Crippen LogP contribution in [0.15, 0.2) is 72.8 Å². The number of ether oxygens (including phenoxy) is 3. The summed E-state index contributed by atoms with van der Waals surface area (Å²) in [6.45, 7) is 4.81. The third kappa shape index (κ3) is 6.54. The highest BCUT2D eigenvalue weighted by Crippen LogP contribution is 2.29. The maximum Gasteiger partial charge on any atom is 0.161 e. The fraction of sp³-hybridized carbons (Fsp3) is 0.280. The van der Waals surface area contributed by atoms with Crippen molar-refractivity contribution in [3.05, 3.63) is 89.5 Å². The van der Waals surface area contributed by atoms with Crippen molar-refractivity contribution in [3.63, 3.8) is 0 Å². The molecule has 0 aliphatic heterocycles. The van der Waals surface area contributed by atoms with Crippen LogP contribution in [0.5, 0.6) is 17.2 Å². The molecule has 4 nitrogen and oxygen atoms in total. The third-order valence-electron chi connectivity index (χ3n) is 4.62. The first-order valence-electron chi connectivity index (χ1n) is 10.0. The standard InChI is InChI=1S/C25H29NO3/c1-3-28-25-17-22(11-14-24(25)29-19-21-7-5-4-6-8-21)18-26-16-15-20-9-12-23(27-2)13-10-20/h4-14,17,26H,3,15-16,18-19H2,1-2H3. The van der Waals surface area contributed by atoms with Crippen LogP contribution in [0.25, 0.3) is 0 Å². The minimum atomic E-state index is 0.528. The van der Waals surface area contributed by atoms with Gasteiger partial charge in [0.05, 0.1) is 13.7 Å². The molecule has 0 atom stereocenters. The van der Waals surface area contributed by atoms with Crippen LogP contribution in [0.3, 0.4) is 0 Å². The van der Waals surface area contributed by atoms with Gasteiger partial charge in [-0.3, -0.25) is 0 Å². The van der Waals surface area contributed by atoms with Crippen LogP contribution in [-0.4, -0.2) is 20.3 Å². The van der Waals surface area contributed by atoms with Crippen LogP contribution >= 0.6 is 0 Å². The summed E-state index contributed by atoms with van der Waals surface area (Å²) in [4.78, 5) is 0. The van der Waals surface area contributed by atoms with E-state index in [0.717, 1.165) is 42.3 Å². The Hall–Kier alpha value is -2.98. The van der Waals surface area contributed by atoms with Crippen LogP contribution in [0.2, 0.25) is 0 Å². The smallest absolute Gasteiger partial charge is 0.161 e. The zero-order valence-corrected chi connectivity index (χ0v) is 17.2. The molecule has 0 fully saturated rings. The lowest BCUT2D eigenvalue weighted by Crippen LogP contribution is -2.16. The Morgan fingerprint density at radius 3 is 2.24 bits per heavy atom. The van der Waals surface area contributed by atoms with E-state index >= 15 is 0 Å². The molecule has 3 aromatic carbocycles. The highest BCUT2D eigenvalue weighted by Gasteiger charge is 2.07. The zero-order chi connectivity index (χ0) is 20.3. The van der Waals surface area contributed by atoms with Crippen LogP contribution in [0.4, 0.5) is 0 Å². The zero-order valence-electron chi connectivity index (χ0n) is 17.2. The van der Waals surface area contributed by atoms with Crippen molar-refractivity contribution in [2.24, 2.45) is 0 Å². The molecule has 0 saturated carbocycles. The molecule has 0 unspecified atom stereocenters. The minimum Gasteiger partial charge on any atom is -0.497 e. The van der Waals surface area contributed by atoms with Crippen molar-refractivity contribution in [2.75, 3.05) is 20.3 Å². The maximum absolute atomic E-state index is 5.98. The molecule has 0 aliphatic rings. The molecule has 0 spiro atoms. The van der Waals surface area contributed by atoms with Crippen molar-refractivity contribution in [3.8, 4) is 17.2 Å². The van der Waals surface area contributed by atoms with Crippen molar-refractivity contribution >= 4 is 0 Å². The van der Waals surface area contributed by atoms with Gasteiger partial charge in [0.25, 0.3) is 0 Å². The molecule has 0 saturated heterocycles. The summed E-state index contributed by atoms with van der Waals surface area (Å²) < 4.78 is 17.0. The van der Waals surface area contributed by atoms with Crippen molar-refractivity contribution in [1.82, 2.24) is 5.32 Å². The molecule has 0 radical (unpaired) electrons. The monoisotopic (exact) mass is 391 g/mol. The SMILES string of the molecule is CCOc1cc(CNCCc2ccc(OC)cc2)ccc1OCc1ccccc1. The topological polar surface area (TPSA) is 39.7 Å². The van der Waals surface area contributed by atoms with Gasteiger partial charge in [0, 0.05) is 6.54 Å². The lowest BCUT2D eigenvalue weighted by molar-refractivity contribution is 0.269. The van der Waals surface area contributed by atoms with Gasteiger partial charge >= 0.3 is 0 Å². The second-order valence-corrected chi connectivity index (χ2v) is 6.76. The van der Waals surface area contributed by atoms with Gasteiger partial charge in [-0.2, -0.15) is 0 Å². The number of rotatable bonds is 11. The Morgan fingerprint density at radius 2 is 1.52 bits per heavy atom. The maximum atomic E-state index is 5.98. The highest BCUT2D eigenvalue weighted by atomic mass is 16.5. The van der Waals surface area contributed by atoms with Gasteiger partial charge in [0.2, 0.25) is 0 Å². The van der Waals surface area contributed by atoms with Crippen molar-refractivity contribution < 1.29 is 14.2 Å². The predicted octanol–water partition coefficient (Wildman–Crippen LogP) is 5.01.